The van der Waals surface area contributed by atoms with Crippen LogP contribution in [-0.2, 0) is 0 Å². The molecular weight excluding hydrogens is 246 g/mol. The van der Waals surface area contributed by atoms with Crippen molar-refractivity contribution in [1.29, 1.82) is 0 Å². The summed E-state index contributed by atoms with van der Waals surface area (Å²) in [5.74, 6) is 1.83. The average molecular weight is 263 g/mol. The molecule has 0 radical (unpaired) electrons. The summed E-state index contributed by atoms with van der Waals surface area (Å²) in [6, 6.07) is 3.44. The Morgan fingerprint density at radius 3 is 2.63 bits per heavy atom. The fourth-order valence-electron chi connectivity index (χ4n) is 2.78. The van der Waals surface area contributed by atoms with E-state index in [0.717, 1.165) is 13.0 Å². The molecule has 2 heterocycles. The van der Waals surface area contributed by atoms with Crippen LogP contribution in [0.25, 0.3) is 0 Å². The first-order chi connectivity index (χ1) is 9.17. The fraction of sp³-hybridized carbons (Fsp3) is 0.500. The molecule has 1 aromatic rings. The fourth-order valence-corrected chi connectivity index (χ4v) is 2.78. The van der Waals surface area contributed by atoms with Crippen LogP contribution in [-0.4, -0.2) is 38.7 Å². The normalized spacial score (nSPS) is 25.1. The molecule has 1 unspecified atom stereocenters. The zero-order valence-corrected chi connectivity index (χ0v) is 11.1. The number of Topliss-reactive ketones (excluding diaryl/α,β-unsaturated/α-hetero) is 1. The molecule has 2 aliphatic rings. The Morgan fingerprint density at radius 2 is 2.00 bits per heavy atom. The van der Waals surface area contributed by atoms with Gasteiger partial charge in [-0.1, -0.05) is 0 Å². The highest BCUT2D eigenvalue weighted by molar-refractivity contribution is 6.01. The van der Waals surface area contributed by atoms with Crippen LogP contribution in [0.1, 0.15) is 23.2 Å². The zero-order valence-electron chi connectivity index (χ0n) is 11.1. The van der Waals surface area contributed by atoms with E-state index in [0.29, 0.717) is 35.8 Å². The highest BCUT2D eigenvalue weighted by Crippen LogP contribution is 2.42. The molecule has 0 aliphatic carbocycles. The molecule has 1 atom stereocenters. The molecule has 5 heteroatoms. The standard InChI is InChI=1S/C14H17NO4/c1-17-12-5-9-10(16)7-14(3-4-15-8-14)19-11(9)6-13(12)18-2/h5-6,15H,3-4,7-8H2,1-2H3. The van der Waals surface area contributed by atoms with Gasteiger partial charge in [-0.3, -0.25) is 4.79 Å². The third-order valence-corrected chi connectivity index (χ3v) is 3.80. The summed E-state index contributed by atoms with van der Waals surface area (Å²) in [6.07, 6.45) is 1.27. The molecule has 0 amide bonds. The van der Waals surface area contributed by atoms with Crippen LogP contribution in [0.15, 0.2) is 12.1 Å². The Hall–Kier alpha value is -1.75. The van der Waals surface area contributed by atoms with E-state index < -0.39 is 0 Å². The van der Waals surface area contributed by atoms with Gasteiger partial charge in [0.05, 0.1) is 26.2 Å². The van der Waals surface area contributed by atoms with Crippen molar-refractivity contribution >= 4 is 5.78 Å². The van der Waals surface area contributed by atoms with Crippen LogP contribution in [0.3, 0.4) is 0 Å². The van der Waals surface area contributed by atoms with Gasteiger partial charge in [-0.15, -0.1) is 0 Å². The van der Waals surface area contributed by atoms with Gasteiger partial charge in [0.25, 0.3) is 0 Å². The Kier molecular flexibility index (Phi) is 2.86. The predicted octanol–water partition coefficient (Wildman–Crippen LogP) is 1.40. The van der Waals surface area contributed by atoms with Gasteiger partial charge in [-0.05, 0) is 12.6 Å². The van der Waals surface area contributed by atoms with Crippen LogP contribution in [0.2, 0.25) is 0 Å². The van der Waals surface area contributed by atoms with E-state index in [1.165, 1.54) is 0 Å². The molecular formula is C14H17NO4. The summed E-state index contributed by atoms with van der Waals surface area (Å²) >= 11 is 0. The van der Waals surface area contributed by atoms with Crippen molar-refractivity contribution in [3.8, 4) is 17.2 Å². The predicted molar refractivity (Wildman–Crippen MR) is 69.3 cm³/mol. The van der Waals surface area contributed by atoms with Crippen LogP contribution in [0.4, 0.5) is 0 Å². The third-order valence-electron chi connectivity index (χ3n) is 3.80. The van der Waals surface area contributed by atoms with Crippen molar-refractivity contribution in [2.45, 2.75) is 18.4 Å². The first-order valence-corrected chi connectivity index (χ1v) is 6.36. The van der Waals surface area contributed by atoms with Gasteiger partial charge < -0.3 is 19.5 Å². The number of carbonyl (C=O) groups is 1. The largest absolute Gasteiger partial charge is 0.493 e. The van der Waals surface area contributed by atoms with Gasteiger partial charge in [-0.2, -0.15) is 0 Å². The molecule has 1 aromatic carbocycles. The first-order valence-electron chi connectivity index (χ1n) is 6.36. The van der Waals surface area contributed by atoms with Crippen LogP contribution in [0, 0.1) is 0 Å². The molecule has 5 nitrogen and oxygen atoms in total. The highest BCUT2D eigenvalue weighted by Gasteiger charge is 2.43. The molecule has 0 aromatic heterocycles. The third kappa shape index (κ3) is 1.94. The van der Waals surface area contributed by atoms with Gasteiger partial charge in [0.2, 0.25) is 0 Å². The Morgan fingerprint density at radius 1 is 1.26 bits per heavy atom. The molecule has 1 fully saturated rings. The molecule has 0 saturated carbocycles. The lowest BCUT2D eigenvalue weighted by molar-refractivity contribution is 0.0525. The van der Waals surface area contributed by atoms with Crippen molar-refractivity contribution in [3.63, 3.8) is 0 Å². The lowest BCUT2D eigenvalue weighted by Gasteiger charge is -2.34. The van der Waals surface area contributed by atoms with E-state index in [-0.39, 0.29) is 11.4 Å². The maximum atomic E-state index is 12.3. The summed E-state index contributed by atoms with van der Waals surface area (Å²) < 4.78 is 16.6. The summed E-state index contributed by atoms with van der Waals surface area (Å²) in [5, 5.41) is 3.25. The molecule has 102 valence electrons. The number of nitrogens with one attached hydrogen (secondary N) is 1. The monoisotopic (exact) mass is 263 g/mol. The lowest BCUT2D eigenvalue weighted by Crippen LogP contribution is -2.43. The zero-order chi connectivity index (χ0) is 13.5. The average Bonchev–Trinajstić information content (AvgIpc) is 2.85. The minimum absolute atomic E-state index is 0.103. The smallest absolute Gasteiger partial charge is 0.170 e. The van der Waals surface area contributed by atoms with Crippen LogP contribution in [0.5, 0.6) is 17.2 Å². The number of hydrogen-bond acceptors (Lipinski definition) is 5. The minimum atomic E-state index is -0.385. The summed E-state index contributed by atoms with van der Waals surface area (Å²) in [5.41, 5.74) is 0.194. The van der Waals surface area contributed by atoms with E-state index in [4.69, 9.17) is 14.2 Å². The van der Waals surface area contributed by atoms with Gasteiger partial charge in [0.1, 0.15) is 11.4 Å². The van der Waals surface area contributed by atoms with E-state index in [1.54, 1.807) is 26.4 Å². The number of carbonyl (C=O) groups excluding carboxylic acids is 1. The van der Waals surface area contributed by atoms with Crippen molar-refractivity contribution in [2.75, 3.05) is 27.3 Å². The molecule has 1 saturated heterocycles. The number of ether oxygens (including phenoxy) is 3. The lowest BCUT2D eigenvalue weighted by atomic mass is 9.89. The number of methoxy groups -OCH3 is 2. The second-order valence-electron chi connectivity index (χ2n) is 5.02. The SMILES string of the molecule is COc1cc2c(cc1OC)C(=O)CC1(CCNC1)O2. The van der Waals surface area contributed by atoms with Gasteiger partial charge >= 0.3 is 0 Å². The number of benzene rings is 1. The number of hydrogen-bond donors (Lipinski definition) is 1. The highest BCUT2D eigenvalue weighted by atomic mass is 16.5. The van der Waals surface area contributed by atoms with Crippen molar-refractivity contribution in [3.05, 3.63) is 17.7 Å². The quantitative estimate of drug-likeness (QED) is 0.874. The Balaban J connectivity index is 2.04. The van der Waals surface area contributed by atoms with Crippen molar-refractivity contribution in [1.82, 2.24) is 5.32 Å². The molecule has 1 N–H and O–H groups in total. The Labute approximate surface area is 111 Å². The molecule has 19 heavy (non-hydrogen) atoms. The van der Waals surface area contributed by atoms with Gasteiger partial charge in [0, 0.05) is 19.0 Å². The Bertz CT molecular complexity index is 520. The first kappa shape index (κ1) is 12.3. The second-order valence-corrected chi connectivity index (χ2v) is 5.02. The number of ketones is 1. The maximum Gasteiger partial charge on any atom is 0.170 e. The van der Waals surface area contributed by atoms with E-state index >= 15 is 0 Å². The van der Waals surface area contributed by atoms with Gasteiger partial charge in [-0.25, -0.2) is 0 Å². The van der Waals surface area contributed by atoms with E-state index in [2.05, 4.69) is 5.32 Å². The van der Waals surface area contributed by atoms with E-state index in [1.807, 2.05) is 0 Å². The van der Waals surface area contributed by atoms with Crippen LogP contribution >= 0.6 is 0 Å². The summed E-state index contributed by atoms with van der Waals surface area (Å²) in [4.78, 5) is 12.3. The van der Waals surface area contributed by atoms with Crippen molar-refractivity contribution < 1.29 is 19.0 Å². The second kappa shape index (κ2) is 4.42. The molecule has 1 spiro atoms. The minimum Gasteiger partial charge on any atom is -0.493 e. The summed E-state index contributed by atoms with van der Waals surface area (Å²) in [6.45, 7) is 1.60. The number of fused-ring (bicyclic) bond motifs is 1. The molecule has 2 aliphatic heterocycles. The van der Waals surface area contributed by atoms with Crippen molar-refractivity contribution in [2.24, 2.45) is 0 Å². The topological polar surface area (TPSA) is 56.8 Å². The molecule has 0 bridgehead atoms. The van der Waals surface area contributed by atoms with Crippen LogP contribution < -0.4 is 19.5 Å². The number of rotatable bonds is 2. The molecule has 3 rings (SSSR count). The maximum absolute atomic E-state index is 12.3. The van der Waals surface area contributed by atoms with E-state index in [9.17, 15) is 4.79 Å². The van der Waals surface area contributed by atoms with Gasteiger partial charge in [0.15, 0.2) is 17.3 Å². The summed E-state index contributed by atoms with van der Waals surface area (Å²) in [7, 11) is 3.13.